The first-order chi connectivity index (χ1) is 15.9. The van der Waals surface area contributed by atoms with Crippen molar-refractivity contribution in [3.05, 3.63) is 70.6 Å². The van der Waals surface area contributed by atoms with Crippen LogP contribution in [0.1, 0.15) is 33.6 Å². The maximum atomic E-state index is 13.0. The zero-order valence-electron chi connectivity index (χ0n) is 17.4. The van der Waals surface area contributed by atoms with Crippen molar-refractivity contribution in [3.8, 4) is 0 Å². The van der Waals surface area contributed by atoms with Crippen LogP contribution in [0, 0.1) is 0 Å². The van der Waals surface area contributed by atoms with Gasteiger partial charge in [0.15, 0.2) is 11.6 Å². The molecular formula is C23H20N4O4S2. The lowest BCUT2D eigenvalue weighted by Crippen LogP contribution is -2.16. The standard InChI is InChI=1S/C23H20N4O4S2/c28-23(29)19-15-10-4-7-13-18(15)32-22(19)26-20-21(25-17-12-6-5-11-16(17)24-20)27-33(30,31)14-8-2-1-3-9-14/h1-3,5-6,8-9,11-12H,4,7,10,13H2,(H,24,26)(H,25,27)(H,28,29). The van der Waals surface area contributed by atoms with Gasteiger partial charge in [0.1, 0.15) is 5.00 Å². The summed E-state index contributed by atoms with van der Waals surface area (Å²) >= 11 is 1.38. The molecule has 2 heterocycles. The molecule has 8 nitrogen and oxygen atoms in total. The first-order valence-electron chi connectivity index (χ1n) is 10.4. The molecule has 33 heavy (non-hydrogen) atoms. The van der Waals surface area contributed by atoms with Crippen molar-refractivity contribution in [1.82, 2.24) is 9.97 Å². The third-order valence-electron chi connectivity index (χ3n) is 5.47. The molecule has 0 unspecified atom stereocenters. The van der Waals surface area contributed by atoms with Crippen LogP contribution in [-0.2, 0) is 22.9 Å². The molecule has 0 spiro atoms. The Labute approximate surface area is 194 Å². The summed E-state index contributed by atoms with van der Waals surface area (Å²) in [4.78, 5) is 22.3. The molecule has 0 bridgehead atoms. The highest BCUT2D eigenvalue weighted by Crippen LogP contribution is 2.40. The van der Waals surface area contributed by atoms with E-state index in [1.54, 1.807) is 42.5 Å². The number of aromatic nitrogens is 2. The van der Waals surface area contributed by atoms with Gasteiger partial charge in [0.2, 0.25) is 0 Å². The Kier molecular flexibility index (Phi) is 5.47. The highest BCUT2D eigenvalue weighted by Gasteiger charge is 2.27. The highest BCUT2D eigenvalue weighted by molar-refractivity contribution is 7.92. The Morgan fingerprint density at radius 3 is 2.24 bits per heavy atom. The lowest BCUT2D eigenvalue weighted by Gasteiger charge is -2.14. The number of aryl methyl sites for hydroxylation is 1. The van der Waals surface area contributed by atoms with Crippen molar-refractivity contribution in [2.45, 2.75) is 30.6 Å². The maximum absolute atomic E-state index is 13.0. The summed E-state index contributed by atoms with van der Waals surface area (Å²) in [7, 11) is -3.93. The zero-order chi connectivity index (χ0) is 23.0. The number of benzene rings is 2. The number of nitrogens with one attached hydrogen (secondary N) is 2. The van der Waals surface area contributed by atoms with Crippen LogP contribution < -0.4 is 10.0 Å². The summed E-state index contributed by atoms with van der Waals surface area (Å²) in [6, 6.07) is 15.1. The molecule has 0 atom stereocenters. The molecule has 1 aliphatic carbocycles. The Bertz CT molecular complexity index is 1470. The third kappa shape index (κ3) is 4.14. The van der Waals surface area contributed by atoms with E-state index in [-0.39, 0.29) is 22.1 Å². The highest BCUT2D eigenvalue weighted by atomic mass is 32.2. The van der Waals surface area contributed by atoms with E-state index < -0.39 is 16.0 Å². The number of carboxylic acid groups (broad SMARTS) is 1. The molecule has 0 radical (unpaired) electrons. The van der Waals surface area contributed by atoms with E-state index in [4.69, 9.17) is 0 Å². The van der Waals surface area contributed by atoms with Crippen molar-refractivity contribution in [2.24, 2.45) is 0 Å². The Balaban J connectivity index is 1.61. The number of nitrogens with zero attached hydrogens (tertiary/aromatic N) is 2. The van der Waals surface area contributed by atoms with E-state index in [9.17, 15) is 18.3 Å². The Hall–Kier alpha value is -3.50. The van der Waals surface area contributed by atoms with Gasteiger partial charge in [-0.15, -0.1) is 11.3 Å². The van der Waals surface area contributed by atoms with Gasteiger partial charge in [-0.25, -0.2) is 23.2 Å². The van der Waals surface area contributed by atoms with Crippen LogP contribution in [0.2, 0.25) is 0 Å². The van der Waals surface area contributed by atoms with Crippen molar-refractivity contribution in [2.75, 3.05) is 10.0 Å². The van der Waals surface area contributed by atoms with E-state index in [0.717, 1.165) is 29.7 Å². The van der Waals surface area contributed by atoms with Gasteiger partial charge in [-0.05, 0) is 55.5 Å². The second kappa shape index (κ2) is 8.45. The molecule has 0 amide bonds. The zero-order valence-corrected chi connectivity index (χ0v) is 19.0. The van der Waals surface area contributed by atoms with Gasteiger partial charge < -0.3 is 10.4 Å². The van der Waals surface area contributed by atoms with Gasteiger partial charge in [-0.2, -0.15) is 0 Å². The lowest BCUT2D eigenvalue weighted by molar-refractivity contribution is 0.0697. The Morgan fingerprint density at radius 2 is 1.55 bits per heavy atom. The van der Waals surface area contributed by atoms with Crippen LogP contribution in [-0.4, -0.2) is 29.5 Å². The SMILES string of the molecule is O=C(O)c1c(Nc2nc3ccccc3nc2NS(=O)(=O)c2ccccc2)sc2c1CCCC2. The van der Waals surface area contributed by atoms with E-state index in [1.807, 2.05) is 0 Å². The lowest BCUT2D eigenvalue weighted by atomic mass is 9.95. The number of carbonyl (C=O) groups is 1. The average Bonchev–Trinajstić information content (AvgIpc) is 3.18. The van der Waals surface area contributed by atoms with Gasteiger partial charge in [0, 0.05) is 4.88 Å². The fraction of sp³-hybridized carbons (Fsp3) is 0.174. The predicted octanol–water partition coefficient (Wildman–Crippen LogP) is 4.81. The molecule has 2 aromatic heterocycles. The van der Waals surface area contributed by atoms with Gasteiger partial charge in [-0.1, -0.05) is 30.3 Å². The van der Waals surface area contributed by atoms with Crippen LogP contribution in [0.25, 0.3) is 11.0 Å². The second-order valence-corrected chi connectivity index (χ2v) is 10.5. The summed E-state index contributed by atoms with van der Waals surface area (Å²) in [5.41, 5.74) is 2.14. The molecule has 5 rings (SSSR count). The summed E-state index contributed by atoms with van der Waals surface area (Å²) in [6.45, 7) is 0. The van der Waals surface area contributed by atoms with Crippen LogP contribution in [0.5, 0.6) is 0 Å². The molecule has 2 aromatic carbocycles. The molecule has 0 saturated heterocycles. The van der Waals surface area contributed by atoms with Crippen LogP contribution in [0.3, 0.4) is 0 Å². The predicted molar refractivity (Wildman–Crippen MR) is 128 cm³/mol. The van der Waals surface area contributed by atoms with Crippen LogP contribution in [0.4, 0.5) is 16.6 Å². The van der Waals surface area contributed by atoms with Crippen molar-refractivity contribution >= 4 is 55.0 Å². The second-order valence-electron chi connectivity index (χ2n) is 7.67. The summed E-state index contributed by atoms with van der Waals surface area (Å²) in [5, 5.41) is 13.4. The fourth-order valence-corrected chi connectivity index (χ4v) is 6.24. The van der Waals surface area contributed by atoms with E-state index in [1.165, 1.54) is 23.5 Å². The van der Waals surface area contributed by atoms with E-state index in [0.29, 0.717) is 22.5 Å². The number of aromatic carboxylic acids is 1. The van der Waals surface area contributed by atoms with Crippen molar-refractivity contribution in [1.29, 1.82) is 0 Å². The monoisotopic (exact) mass is 480 g/mol. The maximum Gasteiger partial charge on any atom is 0.339 e. The van der Waals surface area contributed by atoms with E-state index in [2.05, 4.69) is 20.0 Å². The molecule has 0 saturated carbocycles. The summed E-state index contributed by atoms with van der Waals surface area (Å²) in [5.74, 6) is -0.869. The number of para-hydroxylation sites is 2. The van der Waals surface area contributed by atoms with Crippen LogP contribution >= 0.6 is 11.3 Å². The number of rotatable bonds is 6. The Morgan fingerprint density at radius 1 is 0.909 bits per heavy atom. The first kappa shape index (κ1) is 21.4. The summed E-state index contributed by atoms with van der Waals surface area (Å²) < 4.78 is 28.5. The molecule has 3 N–H and O–H groups in total. The minimum atomic E-state index is -3.93. The molecule has 10 heteroatoms. The van der Waals surface area contributed by atoms with Gasteiger partial charge >= 0.3 is 5.97 Å². The number of anilines is 3. The normalized spacial score (nSPS) is 13.5. The molecule has 0 fully saturated rings. The largest absolute Gasteiger partial charge is 0.478 e. The fourth-order valence-electron chi connectivity index (χ4n) is 3.93. The van der Waals surface area contributed by atoms with Crippen molar-refractivity contribution < 1.29 is 18.3 Å². The molecule has 4 aromatic rings. The topological polar surface area (TPSA) is 121 Å². The quantitative estimate of drug-likeness (QED) is 0.362. The molecule has 1 aliphatic rings. The van der Waals surface area contributed by atoms with Crippen molar-refractivity contribution in [3.63, 3.8) is 0 Å². The molecule has 168 valence electrons. The van der Waals surface area contributed by atoms with Crippen LogP contribution in [0.15, 0.2) is 59.5 Å². The number of hydrogen-bond donors (Lipinski definition) is 3. The van der Waals surface area contributed by atoms with E-state index >= 15 is 0 Å². The molecular weight excluding hydrogens is 460 g/mol. The number of carboxylic acids is 1. The minimum absolute atomic E-state index is 0.000244. The van der Waals surface area contributed by atoms with Gasteiger partial charge in [-0.3, -0.25) is 4.72 Å². The first-order valence-corrected chi connectivity index (χ1v) is 12.7. The van der Waals surface area contributed by atoms with Gasteiger partial charge in [0.05, 0.1) is 21.5 Å². The molecule has 0 aliphatic heterocycles. The number of sulfonamides is 1. The van der Waals surface area contributed by atoms with Gasteiger partial charge in [0.25, 0.3) is 10.0 Å². The summed E-state index contributed by atoms with van der Waals surface area (Å²) in [6.07, 6.45) is 3.51. The number of fused-ring (bicyclic) bond motifs is 2. The average molecular weight is 481 g/mol. The number of thiophene rings is 1. The smallest absolute Gasteiger partial charge is 0.339 e. The number of hydrogen-bond acceptors (Lipinski definition) is 7. The third-order valence-corrected chi connectivity index (χ3v) is 8.03. The minimum Gasteiger partial charge on any atom is -0.478 e.